The Balaban J connectivity index is 2.25. The van der Waals surface area contributed by atoms with Gasteiger partial charge in [0.1, 0.15) is 5.60 Å². The first-order valence-electron chi connectivity index (χ1n) is 4.69. The molecule has 4 nitrogen and oxygen atoms in total. The molecule has 78 valence electrons. The molecule has 1 aromatic rings. The van der Waals surface area contributed by atoms with Gasteiger partial charge in [-0.3, -0.25) is 4.79 Å². The van der Waals surface area contributed by atoms with Gasteiger partial charge in [0, 0.05) is 12.3 Å². The summed E-state index contributed by atoms with van der Waals surface area (Å²) in [5, 5.41) is 12.9. The number of rotatable bonds is 2. The van der Waals surface area contributed by atoms with Crippen molar-refractivity contribution in [3.8, 4) is 0 Å². The van der Waals surface area contributed by atoms with Crippen LogP contribution in [0, 0.1) is 0 Å². The predicted molar refractivity (Wildman–Crippen MR) is 57.1 cm³/mol. The first-order chi connectivity index (χ1) is 7.20. The summed E-state index contributed by atoms with van der Waals surface area (Å²) in [4.78, 5) is 11.4. The summed E-state index contributed by atoms with van der Waals surface area (Å²) in [6.45, 7) is 0.224. The summed E-state index contributed by atoms with van der Waals surface area (Å²) in [6.07, 6.45) is 8.19. The quantitative estimate of drug-likeness (QED) is 0.724. The van der Waals surface area contributed by atoms with Crippen molar-refractivity contribution >= 4 is 0 Å². The fourth-order valence-electron chi connectivity index (χ4n) is 1.47. The highest BCUT2D eigenvalue weighted by Gasteiger charge is 2.22. The van der Waals surface area contributed by atoms with Gasteiger partial charge in [-0.25, -0.2) is 0 Å². The van der Waals surface area contributed by atoms with Gasteiger partial charge in [0.05, 0.1) is 6.54 Å². The topological polar surface area (TPSA) is 54.3 Å². The average Bonchev–Trinajstić information content (AvgIpc) is 2.22. The molecule has 0 fully saturated rings. The molecule has 0 aliphatic carbocycles. The van der Waals surface area contributed by atoms with Crippen LogP contribution >= 0.6 is 0 Å². The lowest BCUT2D eigenvalue weighted by Gasteiger charge is -2.23. The molecule has 0 amide bonds. The van der Waals surface area contributed by atoms with Crippen LogP contribution in [0.4, 0.5) is 0 Å². The van der Waals surface area contributed by atoms with E-state index in [1.54, 1.807) is 42.9 Å². The summed E-state index contributed by atoms with van der Waals surface area (Å²) in [5.41, 5.74) is -1.21. The van der Waals surface area contributed by atoms with Gasteiger partial charge in [-0.1, -0.05) is 6.07 Å². The SMILES string of the molecule is O=c1ccccn1CC1(O)C=CNC=C1. The van der Waals surface area contributed by atoms with Gasteiger partial charge in [-0.15, -0.1) is 0 Å². The number of hydrogen-bond donors (Lipinski definition) is 2. The van der Waals surface area contributed by atoms with Crippen LogP contribution in [-0.2, 0) is 6.54 Å². The van der Waals surface area contributed by atoms with Crippen molar-refractivity contribution in [1.29, 1.82) is 0 Å². The zero-order valence-corrected chi connectivity index (χ0v) is 8.13. The Bertz CT molecular complexity index is 448. The Labute approximate surface area is 87.2 Å². The van der Waals surface area contributed by atoms with Crippen molar-refractivity contribution in [2.24, 2.45) is 0 Å². The van der Waals surface area contributed by atoms with Crippen molar-refractivity contribution in [2.75, 3.05) is 0 Å². The highest BCUT2D eigenvalue weighted by molar-refractivity contribution is 5.18. The summed E-state index contributed by atoms with van der Waals surface area (Å²) in [6, 6.07) is 4.91. The number of hydrogen-bond acceptors (Lipinski definition) is 3. The smallest absolute Gasteiger partial charge is 0.250 e. The predicted octanol–water partition coefficient (Wildman–Crippen LogP) is 0.210. The second-order valence-corrected chi connectivity index (χ2v) is 3.49. The van der Waals surface area contributed by atoms with Crippen LogP contribution in [-0.4, -0.2) is 15.3 Å². The molecule has 0 saturated heterocycles. The van der Waals surface area contributed by atoms with E-state index in [1.165, 1.54) is 10.6 Å². The number of nitrogens with zero attached hydrogens (tertiary/aromatic N) is 1. The minimum absolute atomic E-state index is 0.119. The Hall–Kier alpha value is -1.81. The molecular formula is C11H12N2O2. The number of aliphatic hydroxyl groups is 1. The molecule has 1 aromatic heterocycles. The van der Waals surface area contributed by atoms with Gasteiger partial charge < -0.3 is 15.0 Å². The van der Waals surface area contributed by atoms with Crippen LogP contribution < -0.4 is 10.9 Å². The number of dihydropyridines is 1. The molecule has 0 atom stereocenters. The van der Waals surface area contributed by atoms with Crippen molar-refractivity contribution < 1.29 is 5.11 Å². The largest absolute Gasteiger partial charge is 0.380 e. The zero-order valence-electron chi connectivity index (χ0n) is 8.13. The van der Waals surface area contributed by atoms with E-state index in [4.69, 9.17) is 0 Å². The van der Waals surface area contributed by atoms with Crippen molar-refractivity contribution in [1.82, 2.24) is 9.88 Å². The second kappa shape index (κ2) is 3.74. The van der Waals surface area contributed by atoms with Crippen molar-refractivity contribution in [2.45, 2.75) is 12.1 Å². The summed E-state index contributed by atoms with van der Waals surface area (Å²) >= 11 is 0. The lowest BCUT2D eigenvalue weighted by molar-refractivity contribution is 0.118. The van der Waals surface area contributed by atoms with E-state index >= 15 is 0 Å². The Morgan fingerprint density at radius 2 is 2.07 bits per heavy atom. The molecule has 0 bridgehead atoms. The fraction of sp³-hybridized carbons (Fsp3) is 0.182. The zero-order chi connectivity index (χ0) is 10.7. The van der Waals surface area contributed by atoms with Crippen LogP contribution in [0.1, 0.15) is 0 Å². The van der Waals surface area contributed by atoms with E-state index in [0.29, 0.717) is 0 Å². The normalized spacial score (nSPS) is 17.4. The summed E-state index contributed by atoms with van der Waals surface area (Å²) in [7, 11) is 0. The van der Waals surface area contributed by atoms with Gasteiger partial charge in [0.2, 0.25) is 0 Å². The third kappa shape index (κ3) is 2.16. The Morgan fingerprint density at radius 3 is 2.73 bits per heavy atom. The van der Waals surface area contributed by atoms with Crippen molar-refractivity contribution in [3.63, 3.8) is 0 Å². The van der Waals surface area contributed by atoms with Gasteiger partial charge in [0.15, 0.2) is 0 Å². The molecule has 1 aliphatic rings. The molecule has 0 radical (unpaired) electrons. The fourth-order valence-corrected chi connectivity index (χ4v) is 1.47. The van der Waals surface area contributed by atoms with E-state index in [2.05, 4.69) is 5.32 Å². The van der Waals surface area contributed by atoms with Crippen LogP contribution in [0.2, 0.25) is 0 Å². The molecule has 2 N–H and O–H groups in total. The highest BCUT2D eigenvalue weighted by Crippen LogP contribution is 2.13. The minimum atomic E-state index is -1.09. The molecule has 0 spiro atoms. The van der Waals surface area contributed by atoms with Gasteiger partial charge in [-0.05, 0) is 30.6 Å². The Kier molecular flexibility index (Phi) is 2.43. The number of pyridine rings is 1. The molecule has 0 saturated carbocycles. The molecule has 4 heteroatoms. The molecule has 0 unspecified atom stereocenters. The first-order valence-corrected chi connectivity index (χ1v) is 4.69. The summed E-state index contributed by atoms with van der Waals surface area (Å²) < 4.78 is 1.47. The van der Waals surface area contributed by atoms with E-state index in [1.807, 2.05) is 0 Å². The molecule has 2 heterocycles. The average molecular weight is 204 g/mol. The van der Waals surface area contributed by atoms with E-state index in [-0.39, 0.29) is 12.1 Å². The van der Waals surface area contributed by atoms with E-state index < -0.39 is 5.60 Å². The number of aromatic nitrogens is 1. The molecule has 15 heavy (non-hydrogen) atoms. The van der Waals surface area contributed by atoms with E-state index in [9.17, 15) is 9.90 Å². The molecule has 0 aromatic carbocycles. The van der Waals surface area contributed by atoms with Gasteiger partial charge in [0.25, 0.3) is 5.56 Å². The molecular weight excluding hydrogens is 192 g/mol. The molecule has 2 rings (SSSR count). The third-order valence-electron chi connectivity index (χ3n) is 2.26. The maximum atomic E-state index is 11.4. The monoisotopic (exact) mass is 204 g/mol. The maximum Gasteiger partial charge on any atom is 0.250 e. The third-order valence-corrected chi connectivity index (χ3v) is 2.26. The standard InChI is InChI=1S/C11H12N2O2/c14-10-3-1-2-8-13(10)9-11(15)4-6-12-7-5-11/h1-8,12,15H,9H2. The van der Waals surface area contributed by atoms with Crippen LogP contribution in [0.15, 0.2) is 53.7 Å². The second-order valence-electron chi connectivity index (χ2n) is 3.49. The summed E-state index contributed by atoms with van der Waals surface area (Å²) in [5.74, 6) is 0. The Morgan fingerprint density at radius 1 is 1.33 bits per heavy atom. The first kappa shape index (κ1) is 9.73. The lowest BCUT2D eigenvalue weighted by atomic mass is 10.0. The van der Waals surface area contributed by atoms with Crippen LogP contribution in [0.3, 0.4) is 0 Å². The highest BCUT2D eigenvalue weighted by atomic mass is 16.3. The maximum absolute atomic E-state index is 11.4. The van der Waals surface area contributed by atoms with Crippen LogP contribution in [0.5, 0.6) is 0 Å². The van der Waals surface area contributed by atoms with Gasteiger partial charge >= 0.3 is 0 Å². The molecule has 1 aliphatic heterocycles. The number of nitrogens with one attached hydrogen (secondary N) is 1. The van der Waals surface area contributed by atoms with Crippen LogP contribution in [0.25, 0.3) is 0 Å². The van der Waals surface area contributed by atoms with Gasteiger partial charge in [-0.2, -0.15) is 0 Å². The van der Waals surface area contributed by atoms with Crippen molar-refractivity contribution in [3.05, 3.63) is 59.3 Å². The van der Waals surface area contributed by atoms with E-state index in [0.717, 1.165) is 0 Å². The lowest BCUT2D eigenvalue weighted by Crippen LogP contribution is -2.36. The minimum Gasteiger partial charge on any atom is -0.380 e.